The fourth-order valence-electron chi connectivity index (χ4n) is 5.00. The number of hydrogen-bond acceptors (Lipinski definition) is 7. The SMILES string of the molecule is CCCN(CCC)C(=O)c1cc(NS(C)(=O)=O)cc(C(=O)N[C@@H](Cc2cc(F)cc(F)c2)[C@H](O)CNCc2cccc(OC)c2)c1. The number of nitrogens with zero attached hydrogens (tertiary/aromatic N) is 1. The van der Waals surface area contributed by atoms with E-state index in [4.69, 9.17) is 4.74 Å². The Labute approximate surface area is 269 Å². The predicted molar refractivity (Wildman–Crippen MR) is 173 cm³/mol. The van der Waals surface area contributed by atoms with Crippen LogP contribution in [0.5, 0.6) is 5.75 Å². The second kappa shape index (κ2) is 17.0. The number of methoxy groups -OCH3 is 1. The van der Waals surface area contributed by atoms with E-state index >= 15 is 0 Å². The highest BCUT2D eigenvalue weighted by Crippen LogP contribution is 2.20. The molecule has 0 bridgehead atoms. The minimum atomic E-state index is -3.76. The Morgan fingerprint density at radius 1 is 0.935 bits per heavy atom. The third-order valence-electron chi connectivity index (χ3n) is 7.00. The number of benzene rings is 3. The fraction of sp³-hybridized carbons (Fsp3) is 0.394. The maximum atomic E-state index is 14.0. The van der Waals surface area contributed by atoms with E-state index in [1.165, 1.54) is 18.2 Å². The van der Waals surface area contributed by atoms with Crippen molar-refractivity contribution in [2.75, 3.05) is 37.7 Å². The van der Waals surface area contributed by atoms with Crippen molar-refractivity contribution in [2.45, 2.75) is 51.8 Å². The number of carbonyl (C=O) groups excluding carboxylic acids is 2. The average molecular weight is 661 g/mol. The number of aliphatic hydroxyl groups is 1. The molecule has 2 atom stereocenters. The lowest BCUT2D eigenvalue weighted by molar-refractivity contribution is 0.0755. The van der Waals surface area contributed by atoms with Gasteiger partial charge < -0.3 is 25.4 Å². The maximum absolute atomic E-state index is 14.0. The molecule has 0 spiro atoms. The summed E-state index contributed by atoms with van der Waals surface area (Å²) in [5, 5.41) is 17.0. The number of halogens is 2. The molecule has 0 unspecified atom stereocenters. The van der Waals surface area contributed by atoms with Crippen LogP contribution in [0.2, 0.25) is 0 Å². The largest absolute Gasteiger partial charge is 0.497 e. The van der Waals surface area contributed by atoms with Crippen LogP contribution in [0.4, 0.5) is 14.5 Å². The van der Waals surface area contributed by atoms with E-state index in [1.807, 2.05) is 32.0 Å². The molecular formula is C33H42F2N4O6S. The third-order valence-corrected chi connectivity index (χ3v) is 7.60. The van der Waals surface area contributed by atoms with Crippen LogP contribution in [0.1, 0.15) is 58.5 Å². The minimum Gasteiger partial charge on any atom is -0.497 e. The Morgan fingerprint density at radius 2 is 1.59 bits per heavy atom. The Kier molecular flexibility index (Phi) is 13.5. The van der Waals surface area contributed by atoms with Crippen LogP contribution >= 0.6 is 0 Å². The van der Waals surface area contributed by atoms with Gasteiger partial charge in [-0.1, -0.05) is 26.0 Å². The van der Waals surface area contributed by atoms with E-state index in [9.17, 15) is 31.9 Å². The number of hydrogen-bond donors (Lipinski definition) is 4. The second-order valence-electron chi connectivity index (χ2n) is 11.1. The van der Waals surface area contributed by atoms with Gasteiger partial charge in [-0.15, -0.1) is 0 Å². The summed E-state index contributed by atoms with van der Waals surface area (Å²) >= 11 is 0. The van der Waals surface area contributed by atoms with Crippen LogP contribution in [0.25, 0.3) is 0 Å². The standard InChI is InChI=1S/C33H42F2N4O6S/c1-5-10-39(11-6-2)33(42)25-16-24(17-28(18-25)38-46(4,43)44)32(41)37-30(15-23-12-26(34)19-27(35)13-23)31(40)21-36-20-22-8-7-9-29(14-22)45-3/h7-9,12-14,16-19,30-31,36,38,40H,5-6,10-11,15,20-21H2,1-4H3,(H,37,41)/t30-,31+/m0/s1. The first-order chi connectivity index (χ1) is 21.8. The van der Waals surface area contributed by atoms with E-state index in [2.05, 4.69) is 15.4 Å². The van der Waals surface area contributed by atoms with Crippen LogP contribution in [0.15, 0.2) is 60.7 Å². The van der Waals surface area contributed by atoms with Crippen molar-refractivity contribution in [3.63, 3.8) is 0 Å². The van der Waals surface area contributed by atoms with Crippen molar-refractivity contribution in [3.05, 3.63) is 94.6 Å². The number of carbonyl (C=O) groups is 2. The predicted octanol–water partition coefficient (Wildman–Crippen LogP) is 4.10. The highest BCUT2D eigenvalue weighted by Gasteiger charge is 2.25. The van der Waals surface area contributed by atoms with E-state index in [-0.39, 0.29) is 41.3 Å². The van der Waals surface area contributed by atoms with Gasteiger partial charge in [0.15, 0.2) is 0 Å². The quantitative estimate of drug-likeness (QED) is 0.171. The summed E-state index contributed by atoms with van der Waals surface area (Å²) in [6.45, 7) is 5.16. The van der Waals surface area contributed by atoms with E-state index in [0.29, 0.717) is 38.2 Å². The minimum absolute atomic E-state index is 0.00234. The Balaban J connectivity index is 1.91. The first-order valence-corrected chi connectivity index (χ1v) is 16.9. The zero-order chi connectivity index (χ0) is 33.9. The molecule has 0 saturated heterocycles. The molecule has 0 fully saturated rings. The topological polar surface area (TPSA) is 137 Å². The number of aliphatic hydroxyl groups excluding tert-OH is 1. The van der Waals surface area contributed by atoms with E-state index in [1.54, 1.807) is 18.1 Å². The van der Waals surface area contributed by atoms with E-state index in [0.717, 1.165) is 30.0 Å². The first kappa shape index (κ1) is 36.4. The molecule has 0 aliphatic heterocycles. The zero-order valence-corrected chi connectivity index (χ0v) is 27.3. The van der Waals surface area contributed by atoms with Gasteiger partial charge in [-0.25, -0.2) is 17.2 Å². The molecule has 3 rings (SSSR count). The van der Waals surface area contributed by atoms with Gasteiger partial charge >= 0.3 is 0 Å². The summed E-state index contributed by atoms with van der Waals surface area (Å²) in [4.78, 5) is 28.7. The van der Waals surface area contributed by atoms with Crippen molar-refractivity contribution in [3.8, 4) is 5.75 Å². The van der Waals surface area contributed by atoms with Gasteiger partial charge in [0.25, 0.3) is 11.8 Å². The lowest BCUT2D eigenvalue weighted by atomic mass is 9.99. The van der Waals surface area contributed by atoms with Crippen LogP contribution in [-0.2, 0) is 23.0 Å². The van der Waals surface area contributed by atoms with Crippen LogP contribution < -0.4 is 20.1 Å². The summed E-state index contributed by atoms with van der Waals surface area (Å²) in [5.41, 5.74) is 1.15. The first-order valence-electron chi connectivity index (χ1n) is 15.0. The zero-order valence-electron chi connectivity index (χ0n) is 26.5. The normalized spacial score (nSPS) is 12.7. The number of ether oxygens (including phenoxy) is 1. The summed E-state index contributed by atoms with van der Waals surface area (Å²) in [6.07, 6.45) is 1.00. The lowest BCUT2D eigenvalue weighted by Crippen LogP contribution is -2.48. The molecule has 2 amide bonds. The van der Waals surface area contributed by atoms with Crippen molar-refractivity contribution in [2.24, 2.45) is 0 Å². The van der Waals surface area contributed by atoms with Crippen molar-refractivity contribution >= 4 is 27.5 Å². The molecule has 46 heavy (non-hydrogen) atoms. The number of amides is 2. The number of nitrogens with one attached hydrogen (secondary N) is 3. The Morgan fingerprint density at radius 3 is 2.20 bits per heavy atom. The maximum Gasteiger partial charge on any atom is 0.253 e. The van der Waals surface area contributed by atoms with Crippen LogP contribution in [-0.4, -0.2) is 75.4 Å². The molecule has 10 nitrogen and oxygen atoms in total. The molecule has 0 aromatic heterocycles. The second-order valence-corrected chi connectivity index (χ2v) is 12.8. The molecular weight excluding hydrogens is 618 g/mol. The van der Waals surface area contributed by atoms with Gasteiger partial charge in [0.2, 0.25) is 10.0 Å². The molecule has 3 aromatic rings. The van der Waals surface area contributed by atoms with Crippen molar-refractivity contribution in [1.82, 2.24) is 15.5 Å². The van der Waals surface area contributed by atoms with Gasteiger partial charge in [-0.3, -0.25) is 14.3 Å². The molecule has 0 aliphatic rings. The Hall–Kier alpha value is -4.07. The fourth-order valence-corrected chi connectivity index (χ4v) is 5.55. The van der Waals surface area contributed by atoms with Gasteiger partial charge in [0, 0.05) is 43.4 Å². The van der Waals surface area contributed by atoms with Crippen LogP contribution in [0, 0.1) is 11.6 Å². The molecule has 0 heterocycles. The van der Waals surface area contributed by atoms with Gasteiger partial charge in [0.05, 0.1) is 31.2 Å². The van der Waals surface area contributed by atoms with Gasteiger partial charge in [0.1, 0.15) is 17.4 Å². The molecule has 0 saturated carbocycles. The average Bonchev–Trinajstić information content (AvgIpc) is 2.98. The summed E-state index contributed by atoms with van der Waals surface area (Å²) in [5.74, 6) is -2.05. The van der Waals surface area contributed by atoms with Crippen molar-refractivity contribution in [1.29, 1.82) is 0 Å². The summed E-state index contributed by atoms with van der Waals surface area (Å²) < 4.78 is 59.7. The van der Waals surface area contributed by atoms with Crippen molar-refractivity contribution < 1.29 is 36.6 Å². The highest BCUT2D eigenvalue weighted by molar-refractivity contribution is 7.92. The Bertz CT molecular complexity index is 1580. The highest BCUT2D eigenvalue weighted by atomic mass is 32.2. The van der Waals surface area contributed by atoms with E-state index < -0.39 is 39.7 Å². The molecule has 13 heteroatoms. The molecule has 4 N–H and O–H groups in total. The summed E-state index contributed by atoms with van der Waals surface area (Å²) in [7, 11) is -2.21. The molecule has 250 valence electrons. The molecule has 0 aliphatic carbocycles. The summed E-state index contributed by atoms with van der Waals surface area (Å²) in [6, 6.07) is 13.2. The van der Waals surface area contributed by atoms with Crippen LogP contribution in [0.3, 0.4) is 0 Å². The van der Waals surface area contributed by atoms with Gasteiger partial charge in [-0.05, 0) is 72.9 Å². The lowest BCUT2D eigenvalue weighted by Gasteiger charge is -2.26. The molecule has 0 radical (unpaired) electrons. The number of sulfonamides is 1. The molecule has 3 aromatic carbocycles. The number of rotatable bonds is 17. The number of anilines is 1. The third kappa shape index (κ3) is 11.4. The smallest absolute Gasteiger partial charge is 0.253 e. The van der Waals surface area contributed by atoms with Gasteiger partial charge in [-0.2, -0.15) is 0 Å². The monoisotopic (exact) mass is 660 g/mol.